The van der Waals surface area contributed by atoms with E-state index < -0.39 is 0 Å². The molecule has 1 fully saturated rings. The van der Waals surface area contributed by atoms with Gasteiger partial charge in [-0.1, -0.05) is 33.4 Å². The first kappa shape index (κ1) is 12.1. The Hall–Kier alpha value is -0.980. The molecule has 0 aromatic heterocycles. The first-order valence-electron chi connectivity index (χ1n) is 5.67. The van der Waals surface area contributed by atoms with Crippen LogP contribution in [-0.4, -0.2) is 0 Å². The molecule has 0 atom stereocenters. The molecule has 2 N–H and O–H groups in total. The Morgan fingerprint density at radius 2 is 1.87 bits per heavy atom. The molecule has 0 heterocycles. The Kier molecular flexibility index (Phi) is 3.43. The monoisotopic (exact) mass is 205 g/mol. The number of nitrogens with two attached hydrogens (primary N) is 1. The molecule has 0 amide bonds. The molecule has 0 aromatic carbocycles. The van der Waals surface area contributed by atoms with Crippen molar-refractivity contribution >= 4 is 0 Å². The summed E-state index contributed by atoms with van der Waals surface area (Å²) in [5.74, 6) is 0.729. The fraction of sp³-hybridized carbons (Fsp3) is 0.571. The molecule has 1 aliphatic carbocycles. The fourth-order valence-corrected chi connectivity index (χ4v) is 1.85. The predicted octanol–water partition coefficient (Wildman–Crippen LogP) is 3.79. The number of hydrogen-bond acceptors (Lipinski definition) is 1. The maximum Gasteiger partial charge on any atom is 0.00519 e. The van der Waals surface area contributed by atoms with Crippen LogP contribution in [0.3, 0.4) is 0 Å². The van der Waals surface area contributed by atoms with Gasteiger partial charge in [0, 0.05) is 5.70 Å². The molecule has 84 valence electrons. The maximum absolute atomic E-state index is 5.80. The largest absolute Gasteiger partial charge is 0.402 e. The van der Waals surface area contributed by atoms with Crippen molar-refractivity contribution in [3.8, 4) is 0 Å². The minimum absolute atomic E-state index is 0.146. The van der Waals surface area contributed by atoms with Crippen molar-refractivity contribution in [1.82, 2.24) is 0 Å². The topological polar surface area (TPSA) is 26.0 Å². The van der Waals surface area contributed by atoms with Crippen molar-refractivity contribution in [2.45, 2.75) is 40.5 Å². The molecule has 15 heavy (non-hydrogen) atoms. The van der Waals surface area contributed by atoms with Crippen LogP contribution in [0.5, 0.6) is 0 Å². The Balaban J connectivity index is 3.18. The molecular weight excluding hydrogens is 182 g/mol. The van der Waals surface area contributed by atoms with Gasteiger partial charge in [0.15, 0.2) is 0 Å². The van der Waals surface area contributed by atoms with Gasteiger partial charge < -0.3 is 5.73 Å². The van der Waals surface area contributed by atoms with E-state index in [2.05, 4.69) is 33.4 Å². The SMILES string of the molecule is C=C/C(=C(\C=C(/C)N)C(C)(C)C)C1CC1. The molecule has 1 nitrogen and oxygen atoms in total. The lowest BCUT2D eigenvalue weighted by Gasteiger charge is -2.24. The van der Waals surface area contributed by atoms with Gasteiger partial charge >= 0.3 is 0 Å². The van der Waals surface area contributed by atoms with Crippen molar-refractivity contribution in [3.05, 3.63) is 35.6 Å². The minimum Gasteiger partial charge on any atom is -0.402 e. The van der Waals surface area contributed by atoms with Crippen LogP contribution in [0.25, 0.3) is 0 Å². The number of rotatable bonds is 3. The van der Waals surface area contributed by atoms with Gasteiger partial charge in [-0.05, 0) is 48.3 Å². The highest BCUT2D eigenvalue weighted by Gasteiger charge is 2.29. The molecule has 0 spiro atoms. The van der Waals surface area contributed by atoms with Crippen molar-refractivity contribution in [3.63, 3.8) is 0 Å². The van der Waals surface area contributed by atoms with E-state index in [4.69, 9.17) is 5.73 Å². The van der Waals surface area contributed by atoms with Gasteiger partial charge in [0.2, 0.25) is 0 Å². The van der Waals surface area contributed by atoms with Crippen LogP contribution >= 0.6 is 0 Å². The van der Waals surface area contributed by atoms with Crippen LogP contribution in [0.1, 0.15) is 40.5 Å². The van der Waals surface area contributed by atoms with E-state index in [1.807, 2.05) is 13.0 Å². The molecule has 0 saturated heterocycles. The van der Waals surface area contributed by atoms with Crippen molar-refractivity contribution in [1.29, 1.82) is 0 Å². The molecule has 1 rings (SSSR count). The van der Waals surface area contributed by atoms with Crippen molar-refractivity contribution in [2.75, 3.05) is 0 Å². The van der Waals surface area contributed by atoms with Gasteiger partial charge in [-0.2, -0.15) is 0 Å². The Labute approximate surface area is 93.7 Å². The molecule has 1 aliphatic rings. The van der Waals surface area contributed by atoms with Crippen LogP contribution < -0.4 is 5.73 Å². The maximum atomic E-state index is 5.80. The second-order valence-electron chi connectivity index (χ2n) is 5.49. The first-order valence-corrected chi connectivity index (χ1v) is 5.67. The third-order valence-corrected chi connectivity index (χ3v) is 2.73. The molecule has 0 radical (unpaired) electrons. The van der Waals surface area contributed by atoms with Gasteiger partial charge in [-0.25, -0.2) is 0 Å². The van der Waals surface area contributed by atoms with E-state index in [0.29, 0.717) is 0 Å². The molecular formula is C14H23N. The van der Waals surface area contributed by atoms with E-state index in [1.54, 1.807) is 0 Å². The summed E-state index contributed by atoms with van der Waals surface area (Å²) >= 11 is 0. The number of hydrogen-bond donors (Lipinski definition) is 1. The first-order chi connectivity index (χ1) is 6.86. The smallest absolute Gasteiger partial charge is 0.00519 e. The highest BCUT2D eigenvalue weighted by molar-refractivity contribution is 5.40. The second kappa shape index (κ2) is 4.26. The summed E-state index contributed by atoms with van der Waals surface area (Å²) in [6, 6.07) is 0. The quantitative estimate of drug-likeness (QED) is 0.697. The van der Waals surface area contributed by atoms with E-state index in [9.17, 15) is 0 Å². The van der Waals surface area contributed by atoms with Crippen LogP contribution in [0.4, 0.5) is 0 Å². The molecule has 0 unspecified atom stereocenters. The summed E-state index contributed by atoms with van der Waals surface area (Å²) in [7, 11) is 0. The van der Waals surface area contributed by atoms with Crippen LogP contribution in [0, 0.1) is 11.3 Å². The summed E-state index contributed by atoms with van der Waals surface area (Å²) in [6.45, 7) is 12.6. The Morgan fingerprint density at radius 1 is 1.33 bits per heavy atom. The summed E-state index contributed by atoms with van der Waals surface area (Å²) in [4.78, 5) is 0. The van der Waals surface area contributed by atoms with Crippen molar-refractivity contribution < 1.29 is 0 Å². The standard InChI is InChI=1S/C14H23N/c1-6-12(11-7-8-11)13(9-10(2)15)14(3,4)5/h6,9,11H,1,7-8,15H2,2-5H3/b10-9+,13-12-. The third-order valence-electron chi connectivity index (χ3n) is 2.73. The zero-order valence-corrected chi connectivity index (χ0v) is 10.4. The predicted molar refractivity (Wildman–Crippen MR) is 67.3 cm³/mol. The van der Waals surface area contributed by atoms with Crippen LogP contribution in [-0.2, 0) is 0 Å². The highest BCUT2D eigenvalue weighted by Crippen LogP contribution is 2.43. The highest BCUT2D eigenvalue weighted by atomic mass is 14.5. The molecule has 0 aliphatic heterocycles. The molecule has 1 saturated carbocycles. The zero-order valence-electron chi connectivity index (χ0n) is 10.4. The van der Waals surface area contributed by atoms with E-state index in [0.717, 1.165) is 11.6 Å². The van der Waals surface area contributed by atoms with Gasteiger partial charge in [0.25, 0.3) is 0 Å². The second-order valence-corrected chi connectivity index (χ2v) is 5.49. The summed E-state index contributed by atoms with van der Waals surface area (Å²) in [6.07, 6.45) is 6.73. The normalized spacial score (nSPS) is 19.9. The Bertz CT molecular complexity index is 305. The van der Waals surface area contributed by atoms with Gasteiger partial charge in [-0.3, -0.25) is 0 Å². The molecule has 0 aromatic rings. The van der Waals surface area contributed by atoms with Gasteiger partial charge in [-0.15, -0.1) is 0 Å². The Morgan fingerprint density at radius 3 is 2.13 bits per heavy atom. The zero-order chi connectivity index (χ0) is 11.6. The summed E-state index contributed by atoms with van der Waals surface area (Å²) < 4.78 is 0. The lowest BCUT2D eigenvalue weighted by Crippen LogP contribution is -2.12. The van der Waals surface area contributed by atoms with Crippen molar-refractivity contribution in [2.24, 2.45) is 17.1 Å². The van der Waals surface area contributed by atoms with E-state index in [1.165, 1.54) is 24.0 Å². The average Bonchev–Trinajstić information content (AvgIpc) is 2.85. The van der Waals surface area contributed by atoms with E-state index >= 15 is 0 Å². The lowest BCUT2D eigenvalue weighted by molar-refractivity contribution is 0.509. The summed E-state index contributed by atoms with van der Waals surface area (Å²) in [5, 5.41) is 0. The average molecular weight is 205 g/mol. The summed E-state index contributed by atoms with van der Waals surface area (Å²) in [5.41, 5.74) is 9.56. The van der Waals surface area contributed by atoms with E-state index in [-0.39, 0.29) is 5.41 Å². The third kappa shape index (κ3) is 3.26. The number of allylic oxidation sites excluding steroid dienone is 5. The lowest BCUT2D eigenvalue weighted by atomic mass is 9.81. The van der Waals surface area contributed by atoms with Crippen LogP contribution in [0.2, 0.25) is 0 Å². The fourth-order valence-electron chi connectivity index (χ4n) is 1.85. The van der Waals surface area contributed by atoms with Crippen LogP contribution in [0.15, 0.2) is 35.6 Å². The minimum atomic E-state index is 0.146. The molecule has 0 bridgehead atoms. The molecule has 1 heteroatoms. The van der Waals surface area contributed by atoms with Gasteiger partial charge in [0.05, 0.1) is 0 Å². The van der Waals surface area contributed by atoms with Gasteiger partial charge in [0.1, 0.15) is 0 Å².